The van der Waals surface area contributed by atoms with Gasteiger partial charge in [0.15, 0.2) is 0 Å². The lowest BCUT2D eigenvalue weighted by atomic mass is 10.2. The molecular weight excluding hydrogens is 216 g/mol. The number of fused-ring (bicyclic) bond motifs is 1. The average Bonchev–Trinajstić information content (AvgIpc) is 2.39. The lowest BCUT2D eigenvalue weighted by Gasteiger charge is -2.28. The monoisotopic (exact) mass is 230 g/mol. The van der Waals surface area contributed by atoms with Crippen molar-refractivity contribution in [1.29, 1.82) is 0 Å². The minimum atomic E-state index is 0.276. The third kappa shape index (κ3) is 2.03. The molecule has 3 rings (SSSR count). The van der Waals surface area contributed by atoms with Gasteiger partial charge in [0.2, 0.25) is 0 Å². The van der Waals surface area contributed by atoms with Crippen molar-refractivity contribution in [2.24, 2.45) is 0 Å². The topological polar surface area (TPSA) is 45.6 Å². The number of phenolic OH excluding ortho intramolecular Hbond substituents is 1. The van der Waals surface area contributed by atoms with E-state index in [0.29, 0.717) is 0 Å². The number of rotatable bonds is 1. The Morgan fingerprint density at radius 1 is 1.18 bits per heavy atom. The highest BCUT2D eigenvalue weighted by molar-refractivity contribution is 5.83. The summed E-state index contributed by atoms with van der Waals surface area (Å²) < 4.78 is 5.33. The van der Waals surface area contributed by atoms with Gasteiger partial charge in [-0.25, -0.2) is 0 Å². The Labute approximate surface area is 99.5 Å². The number of morpholine rings is 1. The van der Waals surface area contributed by atoms with E-state index < -0.39 is 0 Å². The molecule has 0 unspecified atom stereocenters. The number of pyridine rings is 1. The molecule has 4 nitrogen and oxygen atoms in total. The van der Waals surface area contributed by atoms with E-state index >= 15 is 0 Å². The van der Waals surface area contributed by atoms with E-state index in [1.165, 1.54) is 0 Å². The van der Waals surface area contributed by atoms with Gasteiger partial charge in [0, 0.05) is 18.5 Å². The second kappa shape index (κ2) is 4.22. The Bertz CT molecular complexity index is 536. The molecule has 1 aromatic heterocycles. The molecule has 2 heterocycles. The summed E-state index contributed by atoms with van der Waals surface area (Å²) in [6.07, 6.45) is 1.88. The molecule has 1 fully saturated rings. The molecule has 1 aliphatic heterocycles. The van der Waals surface area contributed by atoms with Crippen molar-refractivity contribution in [2.45, 2.75) is 0 Å². The zero-order valence-corrected chi connectivity index (χ0v) is 9.47. The van der Waals surface area contributed by atoms with Gasteiger partial charge < -0.3 is 14.7 Å². The second-order valence-electron chi connectivity index (χ2n) is 4.17. The summed E-state index contributed by atoms with van der Waals surface area (Å²) in [5.41, 5.74) is 1.99. The zero-order chi connectivity index (χ0) is 11.7. The smallest absolute Gasteiger partial charge is 0.116 e. The van der Waals surface area contributed by atoms with Crippen LogP contribution in [0, 0.1) is 0 Å². The fraction of sp³-hybridized carbons (Fsp3) is 0.308. The van der Waals surface area contributed by atoms with Crippen LogP contribution in [0.4, 0.5) is 5.69 Å². The second-order valence-corrected chi connectivity index (χ2v) is 4.17. The Morgan fingerprint density at radius 3 is 2.82 bits per heavy atom. The number of phenols is 1. The molecule has 1 aromatic carbocycles. The first-order chi connectivity index (χ1) is 8.33. The van der Waals surface area contributed by atoms with Crippen LogP contribution in [-0.4, -0.2) is 36.4 Å². The van der Waals surface area contributed by atoms with Gasteiger partial charge >= 0.3 is 0 Å². The van der Waals surface area contributed by atoms with Gasteiger partial charge in [-0.3, -0.25) is 4.98 Å². The largest absolute Gasteiger partial charge is 0.508 e. The summed E-state index contributed by atoms with van der Waals surface area (Å²) in [5, 5.41) is 10.4. The minimum Gasteiger partial charge on any atom is -0.508 e. The maximum absolute atomic E-state index is 9.47. The van der Waals surface area contributed by atoms with E-state index in [2.05, 4.69) is 16.0 Å². The molecule has 0 bridgehead atoms. The van der Waals surface area contributed by atoms with Crippen molar-refractivity contribution in [3.05, 3.63) is 30.5 Å². The number of ether oxygens (including phenoxy) is 1. The highest BCUT2D eigenvalue weighted by atomic mass is 16.5. The number of anilines is 1. The quantitative estimate of drug-likeness (QED) is 0.811. The van der Waals surface area contributed by atoms with Crippen molar-refractivity contribution < 1.29 is 9.84 Å². The first kappa shape index (κ1) is 10.4. The lowest BCUT2D eigenvalue weighted by Crippen LogP contribution is -2.36. The van der Waals surface area contributed by atoms with Crippen LogP contribution in [0.1, 0.15) is 0 Å². The highest BCUT2D eigenvalue weighted by Gasteiger charge is 2.11. The summed E-state index contributed by atoms with van der Waals surface area (Å²) in [5.74, 6) is 0.276. The highest BCUT2D eigenvalue weighted by Crippen LogP contribution is 2.23. The average molecular weight is 230 g/mol. The number of hydrogen-bond acceptors (Lipinski definition) is 4. The predicted molar refractivity (Wildman–Crippen MR) is 66.4 cm³/mol. The van der Waals surface area contributed by atoms with Crippen molar-refractivity contribution in [3.8, 4) is 5.75 Å². The molecule has 2 aromatic rings. The molecule has 1 aliphatic rings. The summed E-state index contributed by atoms with van der Waals surface area (Å²) in [6.45, 7) is 3.31. The minimum absolute atomic E-state index is 0.276. The molecule has 0 radical (unpaired) electrons. The molecule has 17 heavy (non-hydrogen) atoms. The van der Waals surface area contributed by atoms with E-state index in [-0.39, 0.29) is 5.75 Å². The third-order valence-corrected chi connectivity index (χ3v) is 3.03. The molecule has 0 aliphatic carbocycles. The van der Waals surface area contributed by atoms with Gasteiger partial charge in [0.05, 0.1) is 30.6 Å². The molecule has 0 amide bonds. The number of aromatic nitrogens is 1. The van der Waals surface area contributed by atoms with Gasteiger partial charge in [-0.15, -0.1) is 0 Å². The molecule has 0 spiro atoms. The van der Waals surface area contributed by atoms with Crippen molar-refractivity contribution in [1.82, 2.24) is 4.98 Å². The zero-order valence-electron chi connectivity index (χ0n) is 9.47. The molecule has 1 N–H and O–H groups in total. The van der Waals surface area contributed by atoms with Crippen LogP contribution in [0.3, 0.4) is 0 Å². The van der Waals surface area contributed by atoms with Gasteiger partial charge in [-0.1, -0.05) is 0 Å². The van der Waals surface area contributed by atoms with Crippen LogP contribution in [-0.2, 0) is 4.74 Å². The summed E-state index contributed by atoms with van der Waals surface area (Å²) >= 11 is 0. The van der Waals surface area contributed by atoms with Crippen molar-refractivity contribution in [3.63, 3.8) is 0 Å². The molecule has 1 saturated heterocycles. The van der Waals surface area contributed by atoms with E-state index in [1.807, 2.05) is 12.3 Å². The Hall–Kier alpha value is -1.81. The van der Waals surface area contributed by atoms with Crippen LogP contribution in [0.15, 0.2) is 30.5 Å². The molecule has 0 saturated carbocycles. The first-order valence-corrected chi connectivity index (χ1v) is 5.74. The Kier molecular flexibility index (Phi) is 2.57. The SMILES string of the molecule is Oc1ccc2ncc(N3CCOCC3)cc2c1. The summed E-state index contributed by atoms with van der Waals surface area (Å²) in [4.78, 5) is 6.65. The van der Waals surface area contributed by atoms with Gasteiger partial charge in [-0.05, 0) is 24.3 Å². The Morgan fingerprint density at radius 2 is 2.00 bits per heavy atom. The molecule has 4 heteroatoms. The van der Waals surface area contributed by atoms with E-state index in [0.717, 1.165) is 42.9 Å². The summed E-state index contributed by atoms with van der Waals surface area (Å²) in [7, 11) is 0. The first-order valence-electron chi connectivity index (χ1n) is 5.74. The Balaban J connectivity index is 1.99. The fourth-order valence-corrected chi connectivity index (χ4v) is 2.10. The molecular formula is C13H14N2O2. The van der Waals surface area contributed by atoms with Crippen LogP contribution >= 0.6 is 0 Å². The van der Waals surface area contributed by atoms with Gasteiger partial charge in [0.1, 0.15) is 5.75 Å². The maximum atomic E-state index is 9.47. The molecule has 88 valence electrons. The third-order valence-electron chi connectivity index (χ3n) is 3.03. The molecule has 0 atom stereocenters. The van der Waals surface area contributed by atoms with E-state index in [1.54, 1.807) is 12.1 Å². The standard InChI is InChI=1S/C13H14N2O2/c16-12-1-2-13-10(8-12)7-11(9-14-13)15-3-5-17-6-4-15/h1-2,7-9,16H,3-6H2. The maximum Gasteiger partial charge on any atom is 0.116 e. The van der Waals surface area contributed by atoms with E-state index in [4.69, 9.17) is 4.74 Å². The van der Waals surface area contributed by atoms with Gasteiger partial charge in [0.25, 0.3) is 0 Å². The van der Waals surface area contributed by atoms with Crippen LogP contribution in [0.2, 0.25) is 0 Å². The van der Waals surface area contributed by atoms with Crippen LogP contribution in [0.25, 0.3) is 10.9 Å². The summed E-state index contributed by atoms with van der Waals surface area (Å²) in [6, 6.07) is 7.29. The van der Waals surface area contributed by atoms with E-state index in [9.17, 15) is 5.11 Å². The number of aromatic hydroxyl groups is 1. The van der Waals surface area contributed by atoms with Gasteiger partial charge in [-0.2, -0.15) is 0 Å². The fourth-order valence-electron chi connectivity index (χ4n) is 2.10. The van der Waals surface area contributed by atoms with Crippen molar-refractivity contribution >= 4 is 16.6 Å². The predicted octanol–water partition coefficient (Wildman–Crippen LogP) is 1.78. The number of hydrogen-bond donors (Lipinski definition) is 1. The normalized spacial score (nSPS) is 16.4. The van der Waals surface area contributed by atoms with Crippen LogP contribution < -0.4 is 4.90 Å². The number of nitrogens with zero attached hydrogens (tertiary/aromatic N) is 2. The number of benzene rings is 1. The van der Waals surface area contributed by atoms with Crippen LogP contribution in [0.5, 0.6) is 5.75 Å². The van der Waals surface area contributed by atoms with Crippen molar-refractivity contribution in [2.75, 3.05) is 31.2 Å². The lowest BCUT2D eigenvalue weighted by molar-refractivity contribution is 0.122.